The number of carbonyl (C=O) groups excluding carboxylic acids is 2. The van der Waals surface area contributed by atoms with Crippen molar-refractivity contribution in [1.29, 1.82) is 0 Å². The lowest BCUT2D eigenvalue weighted by atomic mass is 9.40. The number of hydrogen-bond donors (Lipinski definition) is 11. The van der Waals surface area contributed by atoms with Crippen molar-refractivity contribution in [3.05, 3.63) is 11.6 Å². The number of methoxy groups -OCH3 is 1. The summed E-state index contributed by atoms with van der Waals surface area (Å²) in [5.41, 5.74) is -3.39. The van der Waals surface area contributed by atoms with Crippen molar-refractivity contribution in [2.75, 3.05) is 26.9 Å². The van der Waals surface area contributed by atoms with E-state index in [9.17, 15) is 73.6 Å². The summed E-state index contributed by atoms with van der Waals surface area (Å²) in [7, 11) is -4.01. The summed E-state index contributed by atoms with van der Waals surface area (Å²) in [6, 6.07) is 0. The van der Waals surface area contributed by atoms with Crippen LogP contribution in [0.25, 0.3) is 0 Å². The van der Waals surface area contributed by atoms with Crippen LogP contribution in [0.2, 0.25) is 0 Å². The molecular formula is C56H90O27S. The van der Waals surface area contributed by atoms with Crippen LogP contribution in [0, 0.1) is 39.4 Å². The number of allylic oxidation sites excluding steroid dienone is 2. The fourth-order valence-corrected chi connectivity index (χ4v) is 17.3. The minimum absolute atomic E-state index is 0.0897. The Morgan fingerprint density at radius 3 is 1.94 bits per heavy atom. The van der Waals surface area contributed by atoms with Crippen molar-refractivity contribution in [3.8, 4) is 0 Å². The Kier molecular flexibility index (Phi) is 19.1. The van der Waals surface area contributed by atoms with Crippen LogP contribution in [0.1, 0.15) is 120 Å². The minimum atomic E-state index is -5.19. The average molecular weight is 1230 g/mol. The lowest BCUT2D eigenvalue weighted by Gasteiger charge is -2.64. The summed E-state index contributed by atoms with van der Waals surface area (Å²) in [6.45, 7) is 14.7. The van der Waals surface area contributed by atoms with E-state index >= 15 is 0 Å². The molecule has 0 amide bonds. The Bertz CT molecular complexity index is 2500. The largest absolute Gasteiger partial charge is 0.460 e. The highest BCUT2D eigenvalue weighted by atomic mass is 32.3. The number of aliphatic hydroxyl groups excluding tert-OH is 10. The molecule has 5 saturated heterocycles. The van der Waals surface area contributed by atoms with E-state index in [1.54, 1.807) is 0 Å². The van der Waals surface area contributed by atoms with E-state index in [4.69, 9.17) is 56.3 Å². The molecule has 0 aromatic rings. The van der Waals surface area contributed by atoms with Gasteiger partial charge in [-0.05, 0) is 108 Å². The van der Waals surface area contributed by atoms with Crippen LogP contribution in [-0.4, -0.2) is 243 Å². The normalized spacial score (nSPS) is 49.4. The zero-order valence-corrected chi connectivity index (χ0v) is 50.1. The second-order valence-electron chi connectivity index (χ2n) is 26.8. The summed E-state index contributed by atoms with van der Waals surface area (Å²) in [6.07, 6.45) is -26.6. The van der Waals surface area contributed by atoms with Crippen LogP contribution in [-0.2, 0) is 76.3 Å². The molecule has 11 N–H and O–H groups in total. The Morgan fingerprint density at radius 1 is 0.738 bits per heavy atom. The van der Waals surface area contributed by atoms with Crippen LogP contribution >= 0.6 is 0 Å². The van der Waals surface area contributed by atoms with E-state index in [1.807, 2.05) is 34.6 Å². The molecule has 8 fully saturated rings. The predicted molar refractivity (Wildman–Crippen MR) is 283 cm³/mol. The molecule has 482 valence electrons. The Labute approximate surface area is 489 Å². The highest BCUT2D eigenvalue weighted by molar-refractivity contribution is 7.80. The maximum Gasteiger partial charge on any atom is 0.397 e. The van der Waals surface area contributed by atoms with Crippen LogP contribution in [0.3, 0.4) is 0 Å². The molecule has 0 bridgehead atoms. The molecule has 4 aliphatic carbocycles. The second kappa shape index (κ2) is 24.2. The second-order valence-corrected chi connectivity index (χ2v) is 27.9. The first-order valence-corrected chi connectivity index (χ1v) is 30.7. The third-order valence-corrected chi connectivity index (χ3v) is 21.5. The molecule has 5 aliphatic heterocycles. The van der Waals surface area contributed by atoms with Gasteiger partial charge in [0.25, 0.3) is 0 Å². The number of hydrogen-bond acceptors (Lipinski definition) is 26. The van der Waals surface area contributed by atoms with E-state index in [-0.39, 0.29) is 29.7 Å². The van der Waals surface area contributed by atoms with Gasteiger partial charge in [0.05, 0.1) is 38.1 Å². The van der Waals surface area contributed by atoms with Gasteiger partial charge in [0.1, 0.15) is 102 Å². The fraction of sp³-hybridized carbons (Fsp3) is 0.929. The smallest absolute Gasteiger partial charge is 0.397 e. The van der Waals surface area contributed by atoms with Gasteiger partial charge in [-0.2, -0.15) is 8.42 Å². The van der Waals surface area contributed by atoms with Crippen LogP contribution in [0.4, 0.5) is 0 Å². The molecule has 1 spiro atoms. The molecule has 0 aromatic carbocycles. The predicted octanol–water partition coefficient (Wildman–Crippen LogP) is -0.824. The first-order valence-electron chi connectivity index (χ1n) is 29.3. The van der Waals surface area contributed by atoms with Crippen molar-refractivity contribution in [2.45, 2.75) is 260 Å². The molecular weight excluding hydrogens is 1140 g/mol. The quantitative estimate of drug-likeness (QED) is 0.0453. The SMILES string of the molecule is COC1C(O)C(CO)OC(OC2C(O)C(CO)OC(OC3C(C)OC(OC4C(OC5CCC6(C)C7CC(O)C89C(=O)OC(C)(CCCC(C)(C)OC(C)=O)C8CCC9(C)C7=CCC6C5(C)C)OCC(OS(=O)(=O)O)C4O)C(O)C3O)C2O)C1O. The molecule has 28 heteroatoms. The summed E-state index contributed by atoms with van der Waals surface area (Å²) in [5.74, 6) is -1.23. The Balaban J connectivity index is 0.899. The monoisotopic (exact) mass is 1230 g/mol. The topological polar surface area (TPSA) is 402 Å². The first-order chi connectivity index (χ1) is 39.1. The zero-order chi connectivity index (χ0) is 61.8. The Hall–Kier alpha value is -2.21. The number of aliphatic hydroxyl groups is 10. The number of fused-ring (bicyclic) bond motifs is 4. The molecule has 0 radical (unpaired) electrons. The summed E-state index contributed by atoms with van der Waals surface area (Å²) in [5, 5.41) is 112. The van der Waals surface area contributed by atoms with Crippen molar-refractivity contribution in [2.24, 2.45) is 39.4 Å². The lowest BCUT2D eigenvalue weighted by Crippen LogP contribution is -2.67. The van der Waals surface area contributed by atoms with E-state index in [2.05, 4.69) is 19.9 Å². The van der Waals surface area contributed by atoms with Gasteiger partial charge >= 0.3 is 22.3 Å². The fourth-order valence-electron chi connectivity index (χ4n) is 16.8. The van der Waals surface area contributed by atoms with Gasteiger partial charge < -0.3 is 103 Å². The van der Waals surface area contributed by atoms with Gasteiger partial charge in [-0.15, -0.1) is 0 Å². The van der Waals surface area contributed by atoms with Crippen LogP contribution < -0.4 is 0 Å². The number of rotatable bonds is 18. The van der Waals surface area contributed by atoms with Crippen molar-refractivity contribution in [3.63, 3.8) is 0 Å². The highest BCUT2D eigenvalue weighted by Crippen LogP contribution is 2.76. The van der Waals surface area contributed by atoms with Gasteiger partial charge in [0, 0.05) is 25.4 Å². The standard InChI is InChI=1S/C56H90O27S/c1-24-42(78-48-41(67)44(36(62)29(22-58)76-48)79-47-40(66)43(72-10)35(61)28(21-57)75-47)38(64)39(65)46(74-24)80-45-37(63)30(83-84(69,70)71)23-73-49(45)77-34-15-18-53(7)27-20-33(60)56-32(14-19-54(56,8)26(27)12-13-31(53)52(34,5)6)55(9,82-50(56)68)17-11-16-51(3,4)81-25(2)59/h12,24,27-49,57-58,60-67H,11,13-23H2,1-10H3,(H,69,70,71). The van der Waals surface area contributed by atoms with E-state index in [0.29, 0.717) is 57.8 Å². The molecule has 84 heavy (non-hydrogen) atoms. The molecule has 0 aromatic heterocycles. The van der Waals surface area contributed by atoms with Crippen molar-refractivity contribution >= 4 is 22.3 Å². The van der Waals surface area contributed by atoms with E-state index in [1.165, 1.54) is 21.0 Å². The molecule has 9 rings (SSSR count). The van der Waals surface area contributed by atoms with Crippen LogP contribution in [0.15, 0.2) is 11.6 Å². The van der Waals surface area contributed by atoms with Gasteiger partial charge in [-0.1, -0.05) is 39.3 Å². The first kappa shape index (κ1) is 66.2. The summed E-state index contributed by atoms with van der Waals surface area (Å²) < 4.78 is 104. The number of esters is 2. The number of cyclic esters (lactones) is 1. The van der Waals surface area contributed by atoms with Crippen molar-refractivity contribution in [1.82, 2.24) is 0 Å². The van der Waals surface area contributed by atoms with E-state index in [0.717, 1.165) is 5.57 Å². The molecule has 5 heterocycles. The molecule has 3 saturated carbocycles. The minimum Gasteiger partial charge on any atom is -0.460 e. The van der Waals surface area contributed by atoms with Crippen molar-refractivity contribution < 1.29 is 130 Å². The molecule has 28 unspecified atom stereocenters. The van der Waals surface area contributed by atoms with Gasteiger partial charge in [-0.3, -0.25) is 14.1 Å². The average Bonchev–Trinajstić information content (AvgIpc) is 1.44. The highest BCUT2D eigenvalue weighted by Gasteiger charge is 2.79. The van der Waals surface area contributed by atoms with Gasteiger partial charge in [0.15, 0.2) is 25.2 Å². The molecule has 9 aliphatic rings. The third-order valence-electron chi connectivity index (χ3n) is 21.0. The van der Waals surface area contributed by atoms with Gasteiger partial charge in [-0.25, -0.2) is 4.18 Å². The summed E-state index contributed by atoms with van der Waals surface area (Å²) >= 11 is 0. The number of carbonyl (C=O) groups is 2. The van der Waals surface area contributed by atoms with Crippen LogP contribution in [0.5, 0.6) is 0 Å². The lowest BCUT2D eigenvalue weighted by molar-refractivity contribution is -0.389. The third kappa shape index (κ3) is 11.5. The maximum atomic E-state index is 14.6. The zero-order valence-electron chi connectivity index (χ0n) is 49.3. The van der Waals surface area contributed by atoms with Gasteiger partial charge in [0.2, 0.25) is 0 Å². The maximum absolute atomic E-state index is 14.6. The Morgan fingerprint density at radius 2 is 1.33 bits per heavy atom. The summed E-state index contributed by atoms with van der Waals surface area (Å²) in [4.78, 5) is 26.4. The molecule has 28 atom stereocenters. The van der Waals surface area contributed by atoms with E-state index < -0.39 is 192 Å². The number of ether oxygens (including phenoxy) is 11. The molecule has 27 nitrogen and oxygen atoms in total.